The third kappa shape index (κ3) is 1.02. The summed E-state index contributed by atoms with van der Waals surface area (Å²) < 4.78 is 0. The molecule has 0 saturated carbocycles. The highest BCUT2D eigenvalue weighted by Gasteiger charge is 2.38. The van der Waals surface area contributed by atoms with E-state index < -0.39 is 0 Å². The van der Waals surface area contributed by atoms with Crippen molar-refractivity contribution in [1.29, 1.82) is 0 Å². The van der Waals surface area contributed by atoms with E-state index in [0.29, 0.717) is 0 Å². The standard InChI is InChI=1S/C8H12N2OS/c1-5-8(11)10-4-2-3-6(10)7(12)9-5/h5-6H,2-4H2,1H3,(H,9,12)/t5-,6-/m0/s1. The largest absolute Gasteiger partial charge is 0.367 e. The third-order valence-corrected chi connectivity index (χ3v) is 2.96. The van der Waals surface area contributed by atoms with Gasteiger partial charge in [0.1, 0.15) is 6.04 Å². The Hall–Kier alpha value is -0.640. The van der Waals surface area contributed by atoms with Crippen molar-refractivity contribution in [2.45, 2.75) is 31.8 Å². The maximum atomic E-state index is 11.6. The maximum absolute atomic E-state index is 11.6. The van der Waals surface area contributed by atoms with Crippen molar-refractivity contribution in [1.82, 2.24) is 10.2 Å². The van der Waals surface area contributed by atoms with E-state index in [1.165, 1.54) is 0 Å². The molecule has 0 radical (unpaired) electrons. The van der Waals surface area contributed by atoms with Crippen LogP contribution >= 0.6 is 12.2 Å². The van der Waals surface area contributed by atoms with E-state index in [9.17, 15) is 4.79 Å². The molecule has 0 unspecified atom stereocenters. The predicted octanol–water partition coefficient (Wildman–Crippen LogP) is 0.296. The molecule has 2 saturated heterocycles. The number of piperazine rings is 1. The summed E-state index contributed by atoms with van der Waals surface area (Å²) in [6.07, 6.45) is 2.12. The molecule has 0 aliphatic carbocycles. The van der Waals surface area contributed by atoms with Crippen molar-refractivity contribution in [3.05, 3.63) is 0 Å². The third-order valence-electron chi connectivity index (χ3n) is 2.57. The van der Waals surface area contributed by atoms with Gasteiger partial charge < -0.3 is 10.2 Å². The molecule has 0 spiro atoms. The molecule has 4 heteroatoms. The molecule has 3 nitrogen and oxygen atoms in total. The van der Waals surface area contributed by atoms with Crippen LogP contribution in [0.3, 0.4) is 0 Å². The molecule has 0 bridgehead atoms. The zero-order valence-electron chi connectivity index (χ0n) is 7.04. The molecule has 1 amide bonds. The first-order chi connectivity index (χ1) is 5.70. The smallest absolute Gasteiger partial charge is 0.245 e. The van der Waals surface area contributed by atoms with Crippen molar-refractivity contribution in [2.75, 3.05) is 6.54 Å². The zero-order chi connectivity index (χ0) is 8.72. The fourth-order valence-corrected chi connectivity index (χ4v) is 2.34. The van der Waals surface area contributed by atoms with Gasteiger partial charge in [0, 0.05) is 6.54 Å². The van der Waals surface area contributed by atoms with Gasteiger partial charge in [-0.15, -0.1) is 0 Å². The Labute approximate surface area is 77.1 Å². The first-order valence-electron chi connectivity index (χ1n) is 4.31. The summed E-state index contributed by atoms with van der Waals surface area (Å²) in [5.74, 6) is 0.200. The van der Waals surface area contributed by atoms with E-state index >= 15 is 0 Å². The number of amides is 1. The van der Waals surface area contributed by atoms with E-state index in [0.717, 1.165) is 24.4 Å². The van der Waals surface area contributed by atoms with E-state index in [4.69, 9.17) is 12.2 Å². The highest BCUT2D eigenvalue weighted by Crippen LogP contribution is 2.22. The minimum absolute atomic E-state index is 0.119. The van der Waals surface area contributed by atoms with Gasteiger partial charge in [-0.2, -0.15) is 0 Å². The first-order valence-corrected chi connectivity index (χ1v) is 4.72. The van der Waals surface area contributed by atoms with Crippen molar-refractivity contribution in [2.24, 2.45) is 0 Å². The Balaban J connectivity index is 2.23. The van der Waals surface area contributed by atoms with Gasteiger partial charge in [-0.05, 0) is 19.8 Å². The van der Waals surface area contributed by atoms with Crippen LogP contribution in [0.1, 0.15) is 19.8 Å². The summed E-state index contributed by atoms with van der Waals surface area (Å²) in [6, 6.07) is 0.0792. The maximum Gasteiger partial charge on any atom is 0.245 e. The normalized spacial score (nSPS) is 34.9. The Morgan fingerprint density at radius 1 is 1.67 bits per heavy atom. The number of hydrogen-bond donors (Lipinski definition) is 1. The SMILES string of the molecule is C[C@@H]1NC(=S)[C@@H]2CCCN2C1=O. The number of nitrogens with zero attached hydrogens (tertiary/aromatic N) is 1. The van der Waals surface area contributed by atoms with Crippen LogP contribution in [0.2, 0.25) is 0 Å². The quantitative estimate of drug-likeness (QED) is 0.549. The number of carbonyl (C=O) groups is 1. The average molecular weight is 184 g/mol. The summed E-state index contributed by atoms with van der Waals surface area (Å²) in [5.41, 5.74) is 0. The van der Waals surface area contributed by atoms with Crippen LogP contribution in [-0.2, 0) is 4.79 Å². The van der Waals surface area contributed by atoms with Crippen LogP contribution in [0, 0.1) is 0 Å². The topological polar surface area (TPSA) is 32.3 Å². The predicted molar refractivity (Wildman–Crippen MR) is 49.9 cm³/mol. The number of rotatable bonds is 0. The number of fused-ring (bicyclic) bond motifs is 1. The van der Waals surface area contributed by atoms with Gasteiger partial charge in [0.15, 0.2) is 0 Å². The lowest BCUT2D eigenvalue weighted by molar-refractivity contribution is -0.133. The lowest BCUT2D eigenvalue weighted by Gasteiger charge is -2.34. The molecule has 66 valence electrons. The summed E-state index contributed by atoms with van der Waals surface area (Å²) in [7, 11) is 0. The van der Waals surface area contributed by atoms with Gasteiger partial charge in [-0.1, -0.05) is 12.2 Å². The summed E-state index contributed by atoms with van der Waals surface area (Å²) >= 11 is 5.17. The Morgan fingerprint density at radius 3 is 3.17 bits per heavy atom. The van der Waals surface area contributed by atoms with Crippen molar-refractivity contribution in [3.8, 4) is 0 Å². The fourth-order valence-electron chi connectivity index (χ4n) is 1.92. The monoisotopic (exact) mass is 184 g/mol. The second kappa shape index (κ2) is 2.69. The van der Waals surface area contributed by atoms with Crippen molar-refractivity contribution < 1.29 is 4.79 Å². The van der Waals surface area contributed by atoms with Crippen LogP contribution in [0.5, 0.6) is 0 Å². The molecule has 0 aromatic heterocycles. The highest BCUT2D eigenvalue weighted by atomic mass is 32.1. The number of carbonyl (C=O) groups excluding carboxylic acids is 1. The summed E-state index contributed by atoms with van der Waals surface area (Å²) in [5, 5.41) is 3.04. The Kier molecular flexibility index (Phi) is 1.79. The number of hydrogen-bond acceptors (Lipinski definition) is 2. The number of thiocarbonyl (C=S) groups is 1. The van der Waals surface area contributed by atoms with Gasteiger partial charge in [0.2, 0.25) is 5.91 Å². The molecular weight excluding hydrogens is 172 g/mol. The van der Waals surface area contributed by atoms with Crippen LogP contribution in [-0.4, -0.2) is 34.4 Å². The van der Waals surface area contributed by atoms with Crippen LogP contribution in [0.4, 0.5) is 0 Å². The molecule has 0 aromatic carbocycles. The number of nitrogens with one attached hydrogen (secondary N) is 1. The van der Waals surface area contributed by atoms with Crippen LogP contribution < -0.4 is 5.32 Å². The van der Waals surface area contributed by atoms with E-state index in [-0.39, 0.29) is 18.0 Å². The van der Waals surface area contributed by atoms with E-state index in [1.54, 1.807) is 0 Å². The van der Waals surface area contributed by atoms with E-state index in [1.807, 2.05) is 11.8 Å². The average Bonchev–Trinajstić information content (AvgIpc) is 2.48. The van der Waals surface area contributed by atoms with Crippen molar-refractivity contribution in [3.63, 3.8) is 0 Å². The van der Waals surface area contributed by atoms with Crippen LogP contribution in [0.15, 0.2) is 0 Å². The summed E-state index contributed by atoms with van der Waals surface area (Å²) in [6.45, 7) is 2.75. The lowest BCUT2D eigenvalue weighted by atomic mass is 10.1. The molecule has 2 fully saturated rings. The van der Waals surface area contributed by atoms with Gasteiger partial charge in [-0.25, -0.2) is 0 Å². The lowest BCUT2D eigenvalue weighted by Crippen LogP contribution is -2.59. The second-order valence-electron chi connectivity index (χ2n) is 3.42. The molecular formula is C8H12N2OS. The molecule has 2 atom stereocenters. The second-order valence-corrected chi connectivity index (χ2v) is 3.86. The molecule has 2 rings (SSSR count). The Morgan fingerprint density at radius 2 is 2.42 bits per heavy atom. The Bertz CT molecular complexity index is 241. The minimum atomic E-state index is -0.119. The molecule has 2 aliphatic heterocycles. The molecule has 0 aromatic rings. The fraction of sp³-hybridized carbons (Fsp3) is 0.750. The van der Waals surface area contributed by atoms with E-state index in [2.05, 4.69) is 5.32 Å². The van der Waals surface area contributed by atoms with Gasteiger partial charge in [-0.3, -0.25) is 4.79 Å². The van der Waals surface area contributed by atoms with Gasteiger partial charge in [0.25, 0.3) is 0 Å². The van der Waals surface area contributed by atoms with Crippen molar-refractivity contribution >= 4 is 23.1 Å². The first kappa shape index (κ1) is 7.98. The zero-order valence-corrected chi connectivity index (χ0v) is 7.86. The molecule has 1 N–H and O–H groups in total. The minimum Gasteiger partial charge on any atom is -0.367 e. The molecule has 2 aliphatic rings. The van der Waals surface area contributed by atoms with Gasteiger partial charge >= 0.3 is 0 Å². The van der Waals surface area contributed by atoms with Crippen LogP contribution in [0.25, 0.3) is 0 Å². The summed E-state index contributed by atoms with van der Waals surface area (Å²) in [4.78, 5) is 14.3. The molecule has 12 heavy (non-hydrogen) atoms. The highest BCUT2D eigenvalue weighted by molar-refractivity contribution is 7.80. The molecule has 2 heterocycles. The van der Waals surface area contributed by atoms with Gasteiger partial charge in [0.05, 0.1) is 11.0 Å².